The van der Waals surface area contributed by atoms with Gasteiger partial charge in [-0.1, -0.05) is 84.3 Å². The zero-order valence-corrected chi connectivity index (χ0v) is 51.5. The number of hydrogen-bond donors (Lipinski definition) is 0. The molecule has 1 aliphatic heterocycles. The lowest BCUT2D eigenvalue weighted by Crippen LogP contribution is -2.30. The second-order valence-electron chi connectivity index (χ2n) is 21.4. The summed E-state index contributed by atoms with van der Waals surface area (Å²) in [5, 5.41) is 19.1. The van der Waals surface area contributed by atoms with Crippen LogP contribution >= 0.6 is 50.7 Å². The van der Waals surface area contributed by atoms with Crippen molar-refractivity contribution in [3.63, 3.8) is 0 Å². The Morgan fingerprint density at radius 1 is 0.548 bits per heavy atom. The van der Waals surface area contributed by atoms with Crippen LogP contribution in [0.2, 0.25) is 0 Å². The van der Waals surface area contributed by atoms with E-state index < -0.39 is 166 Å². The smallest absolute Gasteiger partial charge is 0.236 e. The SMILES string of the molecule is CC1=C(c2cccc(F)c2)C(C(F)(F)F)=N[N+]1n1nc(C(F)(F)F)c(-c2cccc(-n3nc(C(F)(F)F)c(-c4ccc(C5CC5(Cl)Cl)cc4-n4nc(C(F)(F)F)c(-c5ccc(C#CBr)cc5-n5nc(C(F)(F)F)c(-c6ccc(C=CCl)cc6)c5C)c4C)c3C)c2F)c1C. The van der Waals surface area contributed by atoms with Crippen LogP contribution in [0.5, 0.6) is 0 Å². The van der Waals surface area contributed by atoms with Gasteiger partial charge in [0.2, 0.25) is 11.4 Å². The minimum Gasteiger partial charge on any atom is -0.236 e. The van der Waals surface area contributed by atoms with E-state index in [1.807, 2.05) is 0 Å². The van der Waals surface area contributed by atoms with Crippen LogP contribution in [0.3, 0.4) is 0 Å². The molecule has 0 N–H and O–H groups in total. The van der Waals surface area contributed by atoms with Crippen molar-refractivity contribution >= 4 is 68.1 Å². The molecule has 1 fully saturated rings. The second kappa shape index (κ2) is 23.4. The van der Waals surface area contributed by atoms with Crippen molar-refractivity contribution in [2.24, 2.45) is 5.10 Å². The minimum atomic E-state index is -5.54. The van der Waals surface area contributed by atoms with Crippen LogP contribution < -0.4 is 5.12 Å². The van der Waals surface area contributed by atoms with Gasteiger partial charge in [0.15, 0.2) is 28.6 Å². The summed E-state index contributed by atoms with van der Waals surface area (Å²) < 4.78 is 262. The molecule has 0 bridgehead atoms. The summed E-state index contributed by atoms with van der Waals surface area (Å²) >= 11 is 21.6. The number of benzene rings is 5. The highest BCUT2D eigenvalue weighted by molar-refractivity contribution is 9.12. The van der Waals surface area contributed by atoms with E-state index in [1.165, 1.54) is 54.9 Å². The zero-order valence-electron chi connectivity index (χ0n) is 47.7. The molecule has 4 aromatic heterocycles. The quantitative estimate of drug-likeness (QED) is 0.0558. The number of rotatable bonds is 11. The molecule has 9 aromatic rings. The molecule has 10 nitrogen and oxygen atoms in total. The van der Waals surface area contributed by atoms with E-state index in [1.54, 1.807) is 0 Å². The summed E-state index contributed by atoms with van der Waals surface area (Å²) in [5.74, 6) is -0.806. The standard InChI is InChI=1S/C62H37BrCl3F17N10/c1-28-46(35-15-12-33(13-16-35)21-23-64)52(58(69,70)71)84-90(28)44-24-34(20-22-63)14-18-39(44)49-30(3)91(86-55(49)61(78,79)80)45-26-36(42-27-57(42,65)66)17-19-40(45)48-29(2)89(85-54(48)60(75,76)77)43-11-7-10-41(51(43)68)50-32(5)93(88-56(50)62(81,82)83)92-31(4)47(53(87-92)59(72,73)74)37-8-6-9-38(67)25-37/h6-19,21,23-26,42H,27H2,1-5H3/q+1. The van der Waals surface area contributed by atoms with E-state index in [0.717, 1.165) is 99.1 Å². The number of aromatic nitrogens is 8. The molecule has 1 atom stereocenters. The van der Waals surface area contributed by atoms with Crippen molar-refractivity contribution in [3.8, 4) is 72.3 Å². The van der Waals surface area contributed by atoms with E-state index >= 15 is 57.1 Å². The molecule has 11 rings (SSSR count). The fourth-order valence-electron chi connectivity index (χ4n) is 11.3. The third-order valence-electron chi connectivity index (χ3n) is 15.5. The Morgan fingerprint density at radius 3 is 1.56 bits per heavy atom. The first-order chi connectivity index (χ1) is 43.4. The highest BCUT2D eigenvalue weighted by Crippen LogP contribution is 2.60. The number of halogens is 21. The molecule has 5 aromatic carbocycles. The lowest BCUT2D eigenvalue weighted by atomic mass is 9.96. The molecule has 93 heavy (non-hydrogen) atoms. The van der Waals surface area contributed by atoms with E-state index in [0.29, 0.717) is 20.0 Å². The summed E-state index contributed by atoms with van der Waals surface area (Å²) in [6, 6.07) is 18.9. The van der Waals surface area contributed by atoms with E-state index in [9.17, 15) is 17.6 Å². The van der Waals surface area contributed by atoms with Crippen molar-refractivity contribution in [2.45, 2.75) is 82.2 Å². The third kappa shape index (κ3) is 11.9. The van der Waals surface area contributed by atoms with Gasteiger partial charge in [-0.25, -0.2) is 22.8 Å². The van der Waals surface area contributed by atoms with Gasteiger partial charge in [-0.2, -0.15) is 81.2 Å². The van der Waals surface area contributed by atoms with E-state index in [4.69, 9.17) is 34.8 Å². The highest BCUT2D eigenvalue weighted by atomic mass is 79.9. The van der Waals surface area contributed by atoms with Gasteiger partial charge in [-0.3, -0.25) is 0 Å². The molecule has 1 aliphatic carbocycles. The van der Waals surface area contributed by atoms with Crippen LogP contribution in [0.4, 0.5) is 74.6 Å². The first kappa shape index (κ1) is 66.2. The average Bonchev–Trinajstić information content (AvgIpc) is 1.59. The molecule has 1 unspecified atom stereocenters. The maximum atomic E-state index is 17.6. The number of allylic oxidation sites excluding steroid dienone is 2. The fraction of sp³-hybridized carbons (Fsp3) is 0.210. The van der Waals surface area contributed by atoms with Gasteiger partial charge in [0, 0.05) is 101 Å². The summed E-state index contributed by atoms with van der Waals surface area (Å²) in [7, 11) is 0. The Morgan fingerprint density at radius 2 is 1.04 bits per heavy atom. The van der Waals surface area contributed by atoms with Crippen LogP contribution in [0, 0.1) is 50.1 Å². The zero-order chi connectivity index (χ0) is 67.7. The van der Waals surface area contributed by atoms with Crippen molar-refractivity contribution in [1.29, 1.82) is 0 Å². The molecule has 5 heterocycles. The molecule has 31 heteroatoms. The van der Waals surface area contributed by atoms with Gasteiger partial charge in [-0.05, 0) is 108 Å². The van der Waals surface area contributed by atoms with Crippen LogP contribution in [0.15, 0.2) is 119 Å². The van der Waals surface area contributed by atoms with Gasteiger partial charge < -0.3 is 0 Å². The molecular weight excluding hydrogens is 1390 g/mol. The second-order valence-corrected chi connectivity index (χ2v) is 23.5. The van der Waals surface area contributed by atoms with Gasteiger partial charge in [0.25, 0.3) is 0 Å². The fourth-order valence-corrected chi connectivity index (χ4v) is 12.3. The van der Waals surface area contributed by atoms with E-state index in [-0.39, 0.29) is 39.2 Å². The van der Waals surface area contributed by atoms with E-state index in [2.05, 4.69) is 52.2 Å². The number of hydrogen-bond acceptors (Lipinski definition) is 6. The Kier molecular flexibility index (Phi) is 16.6. The van der Waals surface area contributed by atoms with Crippen molar-refractivity contribution in [2.75, 3.05) is 0 Å². The maximum absolute atomic E-state index is 17.6. The monoisotopic (exact) mass is 1430 g/mol. The highest BCUT2D eigenvalue weighted by Gasteiger charge is 2.54. The van der Waals surface area contributed by atoms with Crippen molar-refractivity contribution in [3.05, 3.63) is 194 Å². The Balaban J connectivity index is 1.11. The van der Waals surface area contributed by atoms with Gasteiger partial charge >= 0.3 is 30.9 Å². The first-order valence-corrected chi connectivity index (χ1v) is 28.9. The molecule has 481 valence electrons. The average molecular weight is 1430 g/mol. The lowest BCUT2D eigenvalue weighted by molar-refractivity contribution is -0.142. The van der Waals surface area contributed by atoms with Crippen molar-refractivity contribution in [1.82, 2.24) is 44.3 Å². The molecule has 1 radical (unpaired) electrons. The van der Waals surface area contributed by atoms with Crippen LogP contribution in [0.25, 0.3) is 73.2 Å². The number of nitrogens with zero attached hydrogens (tertiary/aromatic N) is 10. The number of hydrazone groups is 1. The largest absolute Gasteiger partial charge is 0.439 e. The summed E-state index contributed by atoms with van der Waals surface area (Å²) in [6.07, 6.45) is -25.5. The number of alkyl halides is 17. The Bertz CT molecular complexity index is 4700. The Labute approximate surface area is 537 Å². The van der Waals surface area contributed by atoms with Gasteiger partial charge in [-0.15, -0.1) is 28.3 Å². The summed E-state index contributed by atoms with van der Waals surface area (Å²) in [4.78, 5) is 2.73. The van der Waals surface area contributed by atoms with Crippen LogP contribution in [0.1, 0.15) is 87.1 Å². The first-order valence-electron chi connectivity index (χ1n) is 26.9. The molecule has 0 saturated heterocycles. The Hall–Kier alpha value is -8.23. The molecule has 0 amide bonds. The normalized spacial score (nSPS) is 15.6. The third-order valence-corrected chi connectivity index (χ3v) is 16.7. The lowest BCUT2D eigenvalue weighted by Gasteiger charge is -2.17. The molecule has 0 spiro atoms. The molecular formula is C62H37BrCl3F17N10+. The molecule has 2 aliphatic rings. The van der Waals surface area contributed by atoms with Crippen molar-refractivity contribution < 1.29 is 74.6 Å². The predicted molar refractivity (Wildman–Crippen MR) is 317 cm³/mol. The molecule has 1 saturated carbocycles. The topological polar surface area (TPSA) is 89.5 Å². The van der Waals surface area contributed by atoms with Crippen LogP contribution in [-0.4, -0.2) is 55.5 Å². The minimum absolute atomic E-state index is 0.00378. The predicted octanol–water partition coefficient (Wildman–Crippen LogP) is 19.5. The summed E-state index contributed by atoms with van der Waals surface area (Å²) in [6.45, 7) is 5.25. The van der Waals surface area contributed by atoms with Crippen LogP contribution in [-0.2, 0) is 24.7 Å². The maximum Gasteiger partial charge on any atom is 0.439 e. The van der Waals surface area contributed by atoms with Gasteiger partial charge in [0.05, 0.1) is 16.9 Å². The van der Waals surface area contributed by atoms with Gasteiger partial charge in [0.1, 0.15) is 26.6 Å². The summed E-state index contributed by atoms with van der Waals surface area (Å²) in [5.41, 5.74) is -17.6.